The molecule has 1 atom stereocenters. The first-order chi connectivity index (χ1) is 10.5. The zero-order valence-electron chi connectivity index (χ0n) is 13.5. The summed E-state index contributed by atoms with van der Waals surface area (Å²) >= 11 is 1.74. The van der Waals surface area contributed by atoms with E-state index in [1.54, 1.807) is 22.3 Å². The minimum absolute atomic E-state index is 0.148. The molecule has 0 amide bonds. The van der Waals surface area contributed by atoms with Crippen LogP contribution >= 0.6 is 11.3 Å². The van der Waals surface area contributed by atoms with Gasteiger partial charge in [-0.05, 0) is 27.2 Å². The molecular formula is C15H20N6S. The highest BCUT2D eigenvalue weighted by Crippen LogP contribution is 2.30. The van der Waals surface area contributed by atoms with Crippen LogP contribution in [0.25, 0.3) is 11.0 Å². The minimum Gasteiger partial charge on any atom is -0.360 e. The molecule has 0 fully saturated rings. The minimum atomic E-state index is 0.148. The monoisotopic (exact) mass is 316 g/mol. The number of rotatable bonds is 4. The van der Waals surface area contributed by atoms with E-state index in [9.17, 15) is 0 Å². The summed E-state index contributed by atoms with van der Waals surface area (Å²) in [7, 11) is 1.90. The summed E-state index contributed by atoms with van der Waals surface area (Å²) in [6.45, 7) is 8.29. The van der Waals surface area contributed by atoms with Crippen LogP contribution in [0.5, 0.6) is 0 Å². The molecule has 7 heteroatoms. The van der Waals surface area contributed by atoms with E-state index in [1.165, 1.54) is 4.88 Å². The fourth-order valence-corrected chi connectivity index (χ4v) is 3.59. The summed E-state index contributed by atoms with van der Waals surface area (Å²) in [6.07, 6.45) is 2.52. The summed E-state index contributed by atoms with van der Waals surface area (Å²) in [4.78, 5) is 14.7. The van der Waals surface area contributed by atoms with Crippen molar-refractivity contribution in [2.75, 3.05) is 5.32 Å². The van der Waals surface area contributed by atoms with E-state index in [-0.39, 0.29) is 6.04 Å². The first-order valence-electron chi connectivity index (χ1n) is 7.36. The van der Waals surface area contributed by atoms with Crippen molar-refractivity contribution in [1.82, 2.24) is 24.7 Å². The maximum absolute atomic E-state index is 4.68. The van der Waals surface area contributed by atoms with E-state index < -0.39 is 0 Å². The number of aryl methyl sites for hydroxylation is 4. The van der Waals surface area contributed by atoms with Crippen molar-refractivity contribution in [2.24, 2.45) is 7.05 Å². The maximum atomic E-state index is 4.68. The molecule has 0 unspecified atom stereocenters. The summed E-state index contributed by atoms with van der Waals surface area (Å²) in [5, 5.41) is 10.0. The van der Waals surface area contributed by atoms with Crippen LogP contribution in [0, 0.1) is 20.8 Å². The molecule has 0 bridgehead atoms. The van der Waals surface area contributed by atoms with E-state index in [0.717, 1.165) is 39.7 Å². The Morgan fingerprint density at radius 2 is 2.00 bits per heavy atom. The number of aromatic nitrogens is 5. The predicted octanol–water partition coefficient (Wildman–Crippen LogP) is 3.31. The number of anilines is 1. The van der Waals surface area contributed by atoms with Gasteiger partial charge in [-0.25, -0.2) is 15.0 Å². The Kier molecular flexibility index (Phi) is 3.82. The molecule has 1 N–H and O–H groups in total. The van der Waals surface area contributed by atoms with Gasteiger partial charge in [-0.1, -0.05) is 6.92 Å². The van der Waals surface area contributed by atoms with Crippen LogP contribution in [0.2, 0.25) is 0 Å². The van der Waals surface area contributed by atoms with E-state index >= 15 is 0 Å². The van der Waals surface area contributed by atoms with Crippen molar-refractivity contribution in [3.05, 3.63) is 27.6 Å². The summed E-state index contributed by atoms with van der Waals surface area (Å²) in [6, 6.07) is 0.148. The highest BCUT2D eigenvalue weighted by atomic mass is 32.1. The second-order valence-electron chi connectivity index (χ2n) is 5.43. The number of fused-ring (bicyclic) bond motifs is 1. The van der Waals surface area contributed by atoms with Gasteiger partial charge in [0.05, 0.1) is 22.8 Å². The van der Waals surface area contributed by atoms with Gasteiger partial charge in [-0.3, -0.25) is 4.68 Å². The summed E-state index contributed by atoms with van der Waals surface area (Å²) in [5.74, 6) is 0.827. The number of nitrogens with one attached hydrogen (secondary N) is 1. The standard InChI is InChI=1S/C15H20N6S/c1-6-11(15-18-8(2)10(4)22-15)19-13-12-9(3)20-21(5)14(12)17-7-16-13/h7,11H,6H2,1-5H3,(H,16,17,19)/t11-/m1/s1. The van der Waals surface area contributed by atoms with Gasteiger partial charge in [0, 0.05) is 11.9 Å². The number of hydrogen-bond donors (Lipinski definition) is 1. The van der Waals surface area contributed by atoms with Crippen molar-refractivity contribution < 1.29 is 0 Å². The molecule has 0 aliphatic heterocycles. The molecule has 0 aliphatic carbocycles. The van der Waals surface area contributed by atoms with Gasteiger partial charge in [0.2, 0.25) is 0 Å². The largest absolute Gasteiger partial charge is 0.360 e. The third-order valence-corrected chi connectivity index (χ3v) is 5.04. The zero-order chi connectivity index (χ0) is 15.9. The predicted molar refractivity (Wildman–Crippen MR) is 89.3 cm³/mol. The SMILES string of the molecule is CC[C@@H](Nc1ncnc2c1c(C)nn2C)c1nc(C)c(C)s1. The highest BCUT2D eigenvalue weighted by molar-refractivity contribution is 7.11. The second kappa shape index (κ2) is 5.64. The molecule has 3 rings (SSSR count). The van der Waals surface area contributed by atoms with Gasteiger partial charge in [-0.2, -0.15) is 5.10 Å². The topological polar surface area (TPSA) is 68.5 Å². The molecule has 0 aliphatic rings. The second-order valence-corrected chi connectivity index (χ2v) is 6.66. The lowest BCUT2D eigenvalue weighted by Gasteiger charge is -2.15. The highest BCUT2D eigenvalue weighted by Gasteiger charge is 2.19. The zero-order valence-corrected chi connectivity index (χ0v) is 14.3. The Morgan fingerprint density at radius 1 is 1.23 bits per heavy atom. The van der Waals surface area contributed by atoms with Crippen molar-refractivity contribution in [1.29, 1.82) is 0 Å². The van der Waals surface area contributed by atoms with Gasteiger partial charge in [0.1, 0.15) is 17.2 Å². The quantitative estimate of drug-likeness (QED) is 0.800. The Bertz CT molecular complexity index is 799. The number of hydrogen-bond acceptors (Lipinski definition) is 6. The Morgan fingerprint density at radius 3 is 2.64 bits per heavy atom. The molecule has 3 aromatic heterocycles. The van der Waals surface area contributed by atoms with Gasteiger partial charge in [0.25, 0.3) is 0 Å². The first-order valence-corrected chi connectivity index (χ1v) is 8.17. The van der Waals surface area contributed by atoms with E-state index in [2.05, 4.69) is 46.1 Å². The average Bonchev–Trinajstić information content (AvgIpc) is 2.97. The van der Waals surface area contributed by atoms with Crippen LogP contribution in [0.3, 0.4) is 0 Å². The normalized spacial score (nSPS) is 12.8. The Labute approximate surface area is 133 Å². The van der Waals surface area contributed by atoms with Crippen LogP contribution in [0.15, 0.2) is 6.33 Å². The molecule has 6 nitrogen and oxygen atoms in total. The molecule has 22 heavy (non-hydrogen) atoms. The summed E-state index contributed by atoms with van der Waals surface area (Å²) < 4.78 is 1.79. The smallest absolute Gasteiger partial charge is 0.163 e. The third-order valence-electron chi connectivity index (χ3n) is 3.86. The Hall–Kier alpha value is -2.02. The molecule has 0 aromatic carbocycles. The fraction of sp³-hybridized carbons (Fsp3) is 0.467. The maximum Gasteiger partial charge on any atom is 0.163 e. The van der Waals surface area contributed by atoms with Gasteiger partial charge in [0.15, 0.2) is 5.65 Å². The molecule has 0 spiro atoms. The lowest BCUT2D eigenvalue weighted by Crippen LogP contribution is -2.11. The van der Waals surface area contributed by atoms with Gasteiger partial charge in [-0.15, -0.1) is 11.3 Å². The molecule has 3 heterocycles. The molecule has 3 aromatic rings. The first kappa shape index (κ1) is 14.9. The van der Waals surface area contributed by atoms with Crippen LogP contribution < -0.4 is 5.32 Å². The molecule has 0 radical (unpaired) electrons. The van der Waals surface area contributed by atoms with Crippen molar-refractivity contribution >= 4 is 28.2 Å². The molecular weight excluding hydrogens is 296 g/mol. The summed E-state index contributed by atoms with van der Waals surface area (Å²) in [5.41, 5.74) is 2.88. The van der Waals surface area contributed by atoms with E-state index in [0.29, 0.717) is 0 Å². The average molecular weight is 316 g/mol. The third kappa shape index (κ3) is 2.45. The van der Waals surface area contributed by atoms with Crippen LogP contribution in [0.1, 0.15) is 40.7 Å². The van der Waals surface area contributed by atoms with Crippen LogP contribution in [-0.4, -0.2) is 24.7 Å². The Balaban J connectivity index is 2.01. The van der Waals surface area contributed by atoms with E-state index in [4.69, 9.17) is 0 Å². The van der Waals surface area contributed by atoms with Crippen molar-refractivity contribution in [2.45, 2.75) is 40.2 Å². The van der Waals surface area contributed by atoms with Gasteiger partial charge >= 0.3 is 0 Å². The van der Waals surface area contributed by atoms with Crippen LogP contribution in [-0.2, 0) is 7.05 Å². The van der Waals surface area contributed by atoms with Crippen molar-refractivity contribution in [3.63, 3.8) is 0 Å². The fourth-order valence-electron chi connectivity index (χ4n) is 2.54. The molecule has 0 saturated heterocycles. The molecule has 0 saturated carbocycles. The number of nitrogens with zero attached hydrogens (tertiary/aromatic N) is 5. The van der Waals surface area contributed by atoms with Crippen LogP contribution in [0.4, 0.5) is 5.82 Å². The lowest BCUT2D eigenvalue weighted by molar-refractivity contribution is 0.736. The molecule has 116 valence electrons. The van der Waals surface area contributed by atoms with Crippen molar-refractivity contribution in [3.8, 4) is 0 Å². The lowest BCUT2D eigenvalue weighted by atomic mass is 10.2. The van der Waals surface area contributed by atoms with Gasteiger partial charge < -0.3 is 5.32 Å². The number of thiazole rings is 1. The van der Waals surface area contributed by atoms with E-state index in [1.807, 2.05) is 14.0 Å².